The number of fused-ring (bicyclic) bond motifs is 1. The molecule has 0 bridgehead atoms. The summed E-state index contributed by atoms with van der Waals surface area (Å²) in [6.07, 6.45) is 5.51. The lowest BCUT2D eigenvalue weighted by Crippen LogP contribution is -2.46. The molecule has 1 atom stereocenters. The minimum atomic E-state index is 0.264. The molecule has 1 saturated carbocycles. The summed E-state index contributed by atoms with van der Waals surface area (Å²) in [6.45, 7) is 3.13. The first-order chi connectivity index (χ1) is 14.2. The van der Waals surface area contributed by atoms with Crippen molar-refractivity contribution in [3.8, 4) is 0 Å². The van der Waals surface area contributed by atoms with Crippen molar-refractivity contribution in [3.63, 3.8) is 0 Å². The first-order valence-electron chi connectivity index (χ1n) is 10.6. The maximum Gasteiger partial charge on any atom is 0.225 e. The molecule has 1 saturated heterocycles. The molecule has 156 valence electrons. The first-order valence-corrected chi connectivity index (χ1v) is 11.4. The fourth-order valence-electron chi connectivity index (χ4n) is 4.20. The van der Waals surface area contributed by atoms with Crippen LogP contribution in [-0.2, 0) is 4.79 Å². The molecule has 1 aromatic carbocycles. The summed E-state index contributed by atoms with van der Waals surface area (Å²) < 4.78 is 1.19. The molecular weight excluding hydrogens is 384 g/mol. The van der Waals surface area contributed by atoms with Gasteiger partial charge < -0.3 is 20.9 Å². The molecule has 2 aromatic rings. The van der Waals surface area contributed by atoms with Crippen molar-refractivity contribution in [2.45, 2.75) is 38.1 Å². The molecule has 3 N–H and O–H groups in total. The van der Waals surface area contributed by atoms with Crippen molar-refractivity contribution in [1.82, 2.24) is 20.5 Å². The Hall–Kier alpha value is -2.35. The first kappa shape index (κ1) is 19.9. The maximum absolute atomic E-state index is 12.6. The van der Waals surface area contributed by atoms with Crippen LogP contribution in [0.3, 0.4) is 0 Å². The molecular formula is C21H30N6OS. The maximum atomic E-state index is 12.6. The molecule has 0 spiro atoms. The SMILES string of the molecule is CN=C(NCCNc1nc2ccccc2s1)NC1CCN(C(=O)C2CCCC2)C1. The number of nitrogens with zero attached hydrogens (tertiary/aromatic N) is 3. The summed E-state index contributed by atoms with van der Waals surface area (Å²) in [6, 6.07) is 8.43. The Morgan fingerprint density at radius 1 is 1.24 bits per heavy atom. The van der Waals surface area contributed by atoms with Crippen LogP contribution in [0.2, 0.25) is 0 Å². The smallest absolute Gasteiger partial charge is 0.225 e. The van der Waals surface area contributed by atoms with Crippen LogP contribution in [0.1, 0.15) is 32.1 Å². The molecule has 1 aromatic heterocycles. The largest absolute Gasteiger partial charge is 0.360 e. The van der Waals surface area contributed by atoms with Gasteiger partial charge >= 0.3 is 0 Å². The predicted molar refractivity (Wildman–Crippen MR) is 120 cm³/mol. The Balaban J connectivity index is 1.18. The van der Waals surface area contributed by atoms with Crippen LogP contribution in [0.4, 0.5) is 5.13 Å². The number of carbonyl (C=O) groups is 1. The monoisotopic (exact) mass is 414 g/mol. The third-order valence-corrected chi connectivity index (χ3v) is 6.75. The highest BCUT2D eigenvalue weighted by molar-refractivity contribution is 7.22. The lowest BCUT2D eigenvalue weighted by atomic mass is 10.1. The molecule has 29 heavy (non-hydrogen) atoms. The number of rotatable bonds is 6. The second kappa shape index (κ2) is 9.43. The number of amides is 1. The highest BCUT2D eigenvalue weighted by Gasteiger charge is 2.32. The van der Waals surface area contributed by atoms with Gasteiger partial charge in [-0.3, -0.25) is 9.79 Å². The second-order valence-electron chi connectivity index (χ2n) is 7.81. The molecule has 7 nitrogen and oxygen atoms in total. The molecule has 2 aliphatic rings. The number of benzene rings is 1. The summed E-state index contributed by atoms with van der Waals surface area (Å²) in [4.78, 5) is 23.6. The number of aromatic nitrogens is 1. The number of hydrogen-bond acceptors (Lipinski definition) is 5. The molecule has 1 unspecified atom stereocenters. The Bertz CT molecular complexity index is 827. The Labute approximate surface area is 176 Å². The molecule has 2 fully saturated rings. The fourth-order valence-corrected chi connectivity index (χ4v) is 5.09. The highest BCUT2D eigenvalue weighted by atomic mass is 32.1. The summed E-state index contributed by atoms with van der Waals surface area (Å²) in [7, 11) is 1.78. The number of anilines is 1. The average Bonchev–Trinajstić information content (AvgIpc) is 3.50. The minimum Gasteiger partial charge on any atom is -0.360 e. The topological polar surface area (TPSA) is 81.7 Å². The molecule has 4 rings (SSSR count). The Kier molecular flexibility index (Phi) is 6.49. The van der Waals surface area contributed by atoms with Gasteiger partial charge in [0.05, 0.1) is 10.2 Å². The zero-order chi connectivity index (χ0) is 20.1. The van der Waals surface area contributed by atoms with Gasteiger partial charge in [-0.1, -0.05) is 36.3 Å². The van der Waals surface area contributed by atoms with Gasteiger partial charge in [0.1, 0.15) is 0 Å². The summed E-state index contributed by atoms with van der Waals surface area (Å²) in [5.41, 5.74) is 1.03. The number of nitrogens with one attached hydrogen (secondary N) is 3. The van der Waals surface area contributed by atoms with Gasteiger partial charge in [0.15, 0.2) is 11.1 Å². The van der Waals surface area contributed by atoms with Crippen molar-refractivity contribution in [2.75, 3.05) is 38.5 Å². The van der Waals surface area contributed by atoms with Gasteiger partial charge in [-0.05, 0) is 31.4 Å². The Morgan fingerprint density at radius 3 is 2.86 bits per heavy atom. The highest BCUT2D eigenvalue weighted by Crippen LogP contribution is 2.28. The van der Waals surface area contributed by atoms with E-state index in [-0.39, 0.29) is 12.0 Å². The van der Waals surface area contributed by atoms with Gasteiger partial charge in [-0.25, -0.2) is 4.98 Å². The van der Waals surface area contributed by atoms with Crippen LogP contribution in [-0.4, -0.2) is 61.0 Å². The lowest BCUT2D eigenvalue weighted by molar-refractivity contribution is -0.134. The van der Waals surface area contributed by atoms with E-state index in [0.29, 0.717) is 5.91 Å². The number of aliphatic imine (C=N–C) groups is 1. The van der Waals surface area contributed by atoms with Crippen LogP contribution in [0.15, 0.2) is 29.3 Å². The van der Waals surface area contributed by atoms with E-state index in [9.17, 15) is 4.79 Å². The summed E-state index contributed by atoms with van der Waals surface area (Å²) >= 11 is 1.67. The van der Waals surface area contributed by atoms with E-state index in [2.05, 4.69) is 32.0 Å². The molecule has 8 heteroatoms. The number of guanidine groups is 1. The third-order valence-electron chi connectivity index (χ3n) is 5.76. The van der Waals surface area contributed by atoms with Gasteiger partial charge in [-0.15, -0.1) is 0 Å². The van der Waals surface area contributed by atoms with Crippen LogP contribution < -0.4 is 16.0 Å². The van der Waals surface area contributed by atoms with Crippen molar-refractivity contribution in [3.05, 3.63) is 24.3 Å². The lowest BCUT2D eigenvalue weighted by Gasteiger charge is -2.21. The van der Waals surface area contributed by atoms with Crippen molar-refractivity contribution in [1.29, 1.82) is 0 Å². The van der Waals surface area contributed by atoms with E-state index in [4.69, 9.17) is 0 Å². The zero-order valence-electron chi connectivity index (χ0n) is 17.0. The normalized spacial score (nSPS) is 20.4. The predicted octanol–water partition coefficient (Wildman–Crippen LogP) is 2.66. The quantitative estimate of drug-likeness (QED) is 0.385. The van der Waals surface area contributed by atoms with E-state index in [1.807, 2.05) is 23.1 Å². The zero-order valence-corrected chi connectivity index (χ0v) is 17.8. The van der Waals surface area contributed by atoms with Crippen molar-refractivity contribution >= 4 is 38.6 Å². The molecule has 1 aliphatic carbocycles. The molecule has 0 radical (unpaired) electrons. The minimum absolute atomic E-state index is 0.264. The van der Waals surface area contributed by atoms with Gasteiger partial charge in [0.2, 0.25) is 5.91 Å². The van der Waals surface area contributed by atoms with Crippen molar-refractivity contribution < 1.29 is 4.79 Å². The average molecular weight is 415 g/mol. The number of para-hydroxylation sites is 1. The van der Waals surface area contributed by atoms with E-state index in [1.54, 1.807) is 18.4 Å². The van der Waals surface area contributed by atoms with E-state index in [1.165, 1.54) is 17.5 Å². The van der Waals surface area contributed by atoms with Crippen LogP contribution in [0.25, 0.3) is 10.2 Å². The van der Waals surface area contributed by atoms with Gasteiger partial charge in [-0.2, -0.15) is 0 Å². The van der Waals surface area contributed by atoms with Crippen LogP contribution in [0, 0.1) is 5.92 Å². The fraction of sp³-hybridized carbons (Fsp3) is 0.571. The van der Waals surface area contributed by atoms with E-state index in [0.717, 1.165) is 62.0 Å². The summed E-state index contributed by atoms with van der Waals surface area (Å²) in [5, 5.41) is 11.1. The number of thiazole rings is 1. The van der Waals surface area contributed by atoms with E-state index >= 15 is 0 Å². The standard InChI is InChI=1S/C21H30N6OS/c1-22-20(23-11-12-24-21-26-17-8-4-5-9-18(17)29-21)25-16-10-13-27(14-16)19(28)15-6-2-3-7-15/h4-5,8-9,15-16H,2-3,6-7,10-14H2,1H3,(H,24,26)(H2,22,23,25). The van der Waals surface area contributed by atoms with Gasteiger partial charge in [0, 0.05) is 45.2 Å². The number of likely N-dealkylation sites (tertiary alicyclic amines) is 1. The molecule has 2 heterocycles. The number of hydrogen-bond donors (Lipinski definition) is 3. The number of carbonyl (C=O) groups excluding carboxylic acids is 1. The van der Waals surface area contributed by atoms with E-state index < -0.39 is 0 Å². The van der Waals surface area contributed by atoms with Crippen LogP contribution in [0.5, 0.6) is 0 Å². The van der Waals surface area contributed by atoms with Crippen LogP contribution >= 0.6 is 11.3 Å². The van der Waals surface area contributed by atoms with Crippen molar-refractivity contribution in [2.24, 2.45) is 10.9 Å². The third kappa shape index (κ3) is 4.98. The summed E-state index contributed by atoms with van der Waals surface area (Å²) in [5.74, 6) is 1.41. The van der Waals surface area contributed by atoms with Gasteiger partial charge in [0.25, 0.3) is 0 Å². The molecule has 1 aliphatic heterocycles. The second-order valence-corrected chi connectivity index (χ2v) is 8.84. The Morgan fingerprint density at radius 2 is 2.07 bits per heavy atom. The molecule has 1 amide bonds.